The van der Waals surface area contributed by atoms with Crippen LogP contribution in [0.1, 0.15) is 11.1 Å². The van der Waals surface area contributed by atoms with Crippen molar-refractivity contribution in [2.45, 2.75) is 12.7 Å². The summed E-state index contributed by atoms with van der Waals surface area (Å²) in [5.41, 5.74) is 8.67. The molecule has 0 saturated heterocycles. The number of benzene rings is 2. The van der Waals surface area contributed by atoms with Crippen LogP contribution in [0.4, 0.5) is 5.95 Å². The molecular formula is C15H15N3O2S. The molecule has 3 rings (SSSR count). The number of fused-ring (bicyclic) bond motifs is 1. The van der Waals surface area contributed by atoms with E-state index in [2.05, 4.69) is 4.98 Å². The first-order valence-corrected chi connectivity index (χ1v) is 8.10. The number of hydrogen-bond acceptors (Lipinski definition) is 4. The van der Waals surface area contributed by atoms with Gasteiger partial charge in [-0.25, -0.2) is 17.4 Å². The van der Waals surface area contributed by atoms with Gasteiger partial charge in [0.25, 0.3) is 0 Å². The summed E-state index contributed by atoms with van der Waals surface area (Å²) in [5.74, 6) is -0.124. The van der Waals surface area contributed by atoms with Gasteiger partial charge in [-0.2, -0.15) is 0 Å². The Hall–Kier alpha value is -2.34. The molecule has 5 nitrogen and oxygen atoms in total. The number of hydrogen-bond donors (Lipinski definition) is 1. The Morgan fingerprint density at radius 2 is 1.76 bits per heavy atom. The lowest BCUT2D eigenvalue weighted by Crippen LogP contribution is -2.17. The fraction of sp³-hybridized carbons (Fsp3) is 0.133. The Labute approximate surface area is 123 Å². The molecule has 0 aliphatic rings. The van der Waals surface area contributed by atoms with Crippen molar-refractivity contribution in [1.82, 2.24) is 8.96 Å². The minimum atomic E-state index is -3.61. The number of anilines is 1. The van der Waals surface area contributed by atoms with Crippen molar-refractivity contribution < 1.29 is 8.42 Å². The predicted octanol–water partition coefficient (Wildman–Crippen LogP) is 2.31. The number of nitrogens with zero attached hydrogens (tertiary/aromatic N) is 2. The average molecular weight is 301 g/mol. The summed E-state index contributed by atoms with van der Waals surface area (Å²) in [5, 5.41) is 0. The third-order valence-electron chi connectivity index (χ3n) is 3.29. The van der Waals surface area contributed by atoms with Crippen LogP contribution < -0.4 is 5.73 Å². The van der Waals surface area contributed by atoms with E-state index in [1.165, 1.54) is 0 Å². The summed E-state index contributed by atoms with van der Waals surface area (Å²) < 4.78 is 26.4. The monoisotopic (exact) mass is 301 g/mol. The third-order valence-corrected chi connectivity index (χ3v) is 4.93. The van der Waals surface area contributed by atoms with Gasteiger partial charge in [-0.1, -0.05) is 42.0 Å². The minimum Gasteiger partial charge on any atom is -0.368 e. The molecule has 2 N–H and O–H groups in total. The molecule has 0 aliphatic carbocycles. The van der Waals surface area contributed by atoms with Crippen molar-refractivity contribution in [3.63, 3.8) is 0 Å². The number of para-hydroxylation sites is 2. The second kappa shape index (κ2) is 4.89. The number of imidazole rings is 1. The van der Waals surface area contributed by atoms with Crippen molar-refractivity contribution in [1.29, 1.82) is 0 Å². The van der Waals surface area contributed by atoms with E-state index < -0.39 is 10.0 Å². The maximum absolute atomic E-state index is 12.6. The van der Waals surface area contributed by atoms with Gasteiger partial charge in [0.15, 0.2) is 0 Å². The van der Waals surface area contributed by atoms with E-state index in [1.807, 2.05) is 31.2 Å². The highest BCUT2D eigenvalue weighted by Gasteiger charge is 2.21. The SMILES string of the molecule is Cc1ccc(CS(=O)(=O)n2c(N)nc3ccccc32)cc1. The molecule has 0 radical (unpaired) electrons. The van der Waals surface area contributed by atoms with Crippen LogP contribution in [0.2, 0.25) is 0 Å². The summed E-state index contributed by atoms with van der Waals surface area (Å²) in [6.07, 6.45) is 0. The van der Waals surface area contributed by atoms with Gasteiger partial charge >= 0.3 is 0 Å². The maximum Gasteiger partial charge on any atom is 0.246 e. The molecule has 0 saturated carbocycles. The van der Waals surface area contributed by atoms with Crippen molar-refractivity contribution in [3.8, 4) is 0 Å². The highest BCUT2D eigenvalue weighted by atomic mass is 32.2. The standard InChI is InChI=1S/C15H15N3O2S/c1-11-6-8-12(9-7-11)10-21(19,20)18-14-5-3-2-4-13(14)17-15(18)16/h2-9H,10H2,1H3,(H2,16,17). The largest absolute Gasteiger partial charge is 0.368 e. The smallest absolute Gasteiger partial charge is 0.246 e. The van der Waals surface area contributed by atoms with E-state index in [1.54, 1.807) is 24.3 Å². The molecule has 0 atom stereocenters. The lowest BCUT2D eigenvalue weighted by atomic mass is 10.2. The molecule has 2 aromatic carbocycles. The van der Waals surface area contributed by atoms with Crippen LogP contribution in [0.5, 0.6) is 0 Å². The summed E-state index contributed by atoms with van der Waals surface area (Å²) in [6.45, 7) is 1.96. The van der Waals surface area contributed by atoms with Crippen LogP contribution in [0.3, 0.4) is 0 Å². The highest BCUT2D eigenvalue weighted by Crippen LogP contribution is 2.22. The molecule has 0 spiro atoms. The molecule has 0 unspecified atom stereocenters. The number of aryl methyl sites for hydroxylation is 1. The summed E-state index contributed by atoms with van der Waals surface area (Å²) >= 11 is 0. The first-order chi connectivity index (χ1) is 9.97. The van der Waals surface area contributed by atoms with Crippen molar-refractivity contribution in [3.05, 3.63) is 59.7 Å². The zero-order valence-electron chi connectivity index (χ0n) is 11.5. The molecule has 21 heavy (non-hydrogen) atoms. The minimum absolute atomic E-state index is 0.0108. The van der Waals surface area contributed by atoms with Crippen molar-refractivity contribution in [2.24, 2.45) is 0 Å². The molecule has 1 heterocycles. The number of rotatable bonds is 3. The van der Waals surface area contributed by atoms with Gasteiger partial charge in [0.2, 0.25) is 16.0 Å². The number of nitrogen functional groups attached to an aromatic ring is 1. The lowest BCUT2D eigenvalue weighted by Gasteiger charge is -2.08. The topological polar surface area (TPSA) is 78.0 Å². The van der Waals surface area contributed by atoms with Gasteiger partial charge in [0.1, 0.15) is 0 Å². The van der Waals surface area contributed by atoms with E-state index in [0.717, 1.165) is 15.1 Å². The normalized spacial score (nSPS) is 11.9. The molecule has 3 aromatic rings. The van der Waals surface area contributed by atoms with Gasteiger partial charge in [0.05, 0.1) is 16.8 Å². The van der Waals surface area contributed by atoms with Crippen molar-refractivity contribution >= 4 is 27.0 Å². The van der Waals surface area contributed by atoms with E-state index in [-0.39, 0.29) is 11.7 Å². The summed E-state index contributed by atoms with van der Waals surface area (Å²) in [6, 6.07) is 14.4. The quantitative estimate of drug-likeness (QED) is 0.805. The molecule has 1 aromatic heterocycles. The molecule has 108 valence electrons. The van der Waals surface area contributed by atoms with Gasteiger partial charge in [-0.15, -0.1) is 0 Å². The zero-order valence-corrected chi connectivity index (χ0v) is 12.3. The Balaban J connectivity index is 2.08. The van der Waals surface area contributed by atoms with Crippen molar-refractivity contribution in [2.75, 3.05) is 5.73 Å². The summed E-state index contributed by atoms with van der Waals surface area (Å²) in [7, 11) is -3.61. The molecular weight excluding hydrogens is 286 g/mol. The van der Waals surface area contributed by atoms with Crippen LogP contribution >= 0.6 is 0 Å². The van der Waals surface area contributed by atoms with E-state index in [4.69, 9.17) is 5.73 Å². The fourth-order valence-electron chi connectivity index (χ4n) is 2.27. The van der Waals surface area contributed by atoms with Gasteiger partial charge in [-0.3, -0.25) is 0 Å². The van der Waals surface area contributed by atoms with Crippen LogP contribution in [0.25, 0.3) is 11.0 Å². The molecule has 0 amide bonds. The first kappa shape index (κ1) is 13.6. The highest BCUT2D eigenvalue weighted by molar-refractivity contribution is 7.89. The van der Waals surface area contributed by atoms with E-state index in [0.29, 0.717) is 11.0 Å². The molecule has 0 bridgehead atoms. The zero-order chi connectivity index (χ0) is 15.0. The maximum atomic E-state index is 12.6. The Kier molecular flexibility index (Phi) is 3.17. The van der Waals surface area contributed by atoms with Gasteiger partial charge in [-0.05, 0) is 24.6 Å². The Morgan fingerprint density at radius 3 is 2.48 bits per heavy atom. The third kappa shape index (κ3) is 2.50. The second-order valence-corrected chi connectivity index (χ2v) is 6.78. The lowest BCUT2D eigenvalue weighted by molar-refractivity contribution is 0.588. The average Bonchev–Trinajstić information content (AvgIpc) is 2.77. The second-order valence-electron chi connectivity index (χ2n) is 4.96. The fourth-order valence-corrected chi connectivity index (χ4v) is 3.80. The van der Waals surface area contributed by atoms with E-state index >= 15 is 0 Å². The Bertz CT molecular complexity index is 896. The first-order valence-electron chi connectivity index (χ1n) is 6.49. The molecule has 6 heteroatoms. The number of aromatic nitrogens is 2. The van der Waals surface area contributed by atoms with Gasteiger partial charge < -0.3 is 5.73 Å². The number of nitrogens with two attached hydrogens (primary N) is 1. The summed E-state index contributed by atoms with van der Waals surface area (Å²) in [4.78, 5) is 4.10. The van der Waals surface area contributed by atoms with E-state index in [9.17, 15) is 8.42 Å². The van der Waals surface area contributed by atoms with Crippen LogP contribution in [-0.2, 0) is 15.8 Å². The molecule has 0 aliphatic heterocycles. The van der Waals surface area contributed by atoms with Crippen LogP contribution in [-0.4, -0.2) is 17.4 Å². The Morgan fingerprint density at radius 1 is 1.10 bits per heavy atom. The predicted molar refractivity (Wildman–Crippen MR) is 83.3 cm³/mol. The van der Waals surface area contributed by atoms with Crippen LogP contribution in [0.15, 0.2) is 48.5 Å². The molecule has 0 fully saturated rings. The van der Waals surface area contributed by atoms with Gasteiger partial charge in [0, 0.05) is 0 Å². The van der Waals surface area contributed by atoms with Crippen LogP contribution in [0, 0.1) is 6.92 Å².